The number of para-hydroxylation sites is 2. The van der Waals surface area contributed by atoms with Gasteiger partial charge in [-0.05, 0) is 66.8 Å². The number of halogens is 3. The molecule has 1 saturated heterocycles. The Hall–Kier alpha value is -2.84. The molecule has 1 fully saturated rings. The summed E-state index contributed by atoms with van der Waals surface area (Å²) in [5, 5.41) is 7.18. The average molecular weight is 548 g/mol. The second-order valence-corrected chi connectivity index (χ2v) is 9.50. The maximum Gasteiger partial charge on any atom is 0.257 e. The molecular weight excluding hydrogens is 527 g/mol. The van der Waals surface area contributed by atoms with Crippen molar-refractivity contribution in [1.29, 1.82) is 0 Å². The predicted octanol–water partition coefficient (Wildman–Crippen LogP) is 5.74. The van der Waals surface area contributed by atoms with Crippen LogP contribution < -0.4 is 15.5 Å². The number of carbonyl (C=O) groups excluding carboxylic acids is 2. The van der Waals surface area contributed by atoms with E-state index in [1.807, 2.05) is 29.2 Å². The average Bonchev–Trinajstić information content (AvgIpc) is 2.86. The molecule has 3 aromatic carbocycles. The first-order chi connectivity index (χ1) is 16.8. The van der Waals surface area contributed by atoms with E-state index in [1.54, 1.807) is 36.4 Å². The quantitative estimate of drug-likeness (QED) is 0.408. The molecule has 2 N–H and O–H groups in total. The van der Waals surface area contributed by atoms with E-state index >= 15 is 0 Å². The maximum atomic E-state index is 12.8. The normalized spacial score (nSPS) is 13.3. The largest absolute Gasteiger partial charge is 0.366 e. The molecular formula is C25H21Cl3N4O2S. The highest BCUT2D eigenvalue weighted by molar-refractivity contribution is 7.80. The molecule has 0 aromatic heterocycles. The van der Waals surface area contributed by atoms with Crippen molar-refractivity contribution in [3.63, 3.8) is 0 Å². The number of piperazine rings is 1. The van der Waals surface area contributed by atoms with Crippen LogP contribution in [0.5, 0.6) is 0 Å². The van der Waals surface area contributed by atoms with Crippen LogP contribution in [0.15, 0.2) is 66.7 Å². The molecule has 0 radical (unpaired) electrons. The van der Waals surface area contributed by atoms with Crippen LogP contribution >= 0.6 is 47.0 Å². The fourth-order valence-electron chi connectivity index (χ4n) is 3.75. The molecule has 3 aromatic rings. The van der Waals surface area contributed by atoms with E-state index in [0.717, 1.165) is 11.4 Å². The van der Waals surface area contributed by atoms with Gasteiger partial charge in [-0.25, -0.2) is 0 Å². The molecule has 35 heavy (non-hydrogen) atoms. The fourth-order valence-corrected chi connectivity index (χ4v) is 4.37. The standard InChI is InChI=1S/C25H21Cl3N4O2S/c26-18-8-5-16(6-9-18)24(34)32-13-11-31(12-14-32)22-4-2-1-3-21(22)29-25(35)30-23(33)17-7-10-19(27)20(28)15-17/h1-10,15H,11-14H2,(H2,29,30,33,35). The Morgan fingerprint density at radius 2 is 1.46 bits per heavy atom. The second kappa shape index (κ2) is 11.3. The van der Waals surface area contributed by atoms with Gasteiger partial charge in [-0.15, -0.1) is 0 Å². The monoisotopic (exact) mass is 546 g/mol. The first kappa shape index (κ1) is 25.3. The van der Waals surface area contributed by atoms with Gasteiger partial charge in [-0.2, -0.15) is 0 Å². The molecule has 0 bridgehead atoms. The molecule has 0 saturated carbocycles. The van der Waals surface area contributed by atoms with Gasteiger partial charge in [-0.3, -0.25) is 14.9 Å². The molecule has 1 aliphatic heterocycles. The lowest BCUT2D eigenvalue weighted by Crippen LogP contribution is -2.49. The van der Waals surface area contributed by atoms with E-state index in [1.165, 1.54) is 6.07 Å². The Kier molecular flexibility index (Phi) is 8.13. The molecule has 1 heterocycles. The fraction of sp³-hybridized carbons (Fsp3) is 0.160. The van der Waals surface area contributed by atoms with Crippen molar-refractivity contribution in [2.24, 2.45) is 0 Å². The van der Waals surface area contributed by atoms with Gasteiger partial charge in [0.2, 0.25) is 0 Å². The third-order valence-corrected chi connectivity index (χ3v) is 6.75. The van der Waals surface area contributed by atoms with Crippen molar-refractivity contribution in [3.8, 4) is 0 Å². The lowest BCUT2D eigenvalue weighted by atomic mass is 10.1. The summed E-state index contributed by atoms with van der Waals surface area (Å²) in [5.74, 6) is -0.410. The van der Waals surface area contributed by atoms with Gasteiger partial charge in [0, 0.05) is 42.3 Å². The minimum absolute atomic E-state index is 0.0149. The van der Waals surface area contributed by atoms with Gasteiger partial charge >= 0.3 is 0 Å². The molecule has 0 spiro atoms. The smallest absolute Gasteiger partial charge is 0.257 e. The van der Waals surface area contributed by atoms with E-state index in [-0.39, 0.29) is 16.0 Å². The number of hydrogen-bond acceptors (Lipinski definition) is 4. The zero-order chi connectivity index (χ0) is 24.9. The lowest BCUT2D eigenvalue weighted by Gasteiger charge is -2.37. The SMILES string of the molecule is O=C(NC(=S)Nc1ccccc1N1CCN(C(=O)c2ccc(Cl)cc2)CC1)c1ccc(Cl)c(Cl)c1. The number of amides is 2. The minimum atomic E-state index is -0.395. The number of benzene rings is 3. The van der Waals surface area contributed by atoms with Crippen molar-refractivity contribution >= 4 is 75.3 Å². The molecule has 10 heteroatoms. The van der Waals surface area contributed by atoms with Gasteiger partial charge in [0.05, 0.1) is 21.4 Å². The topological polar surface area (TPSA) is 64.7 Å². The molecule has 4 rings (SSSR count). The van der Waals surface area contributed by atoms with Crippen LogP contribution in [0.25, 0.3) is 0 Å². The summed E-state index contributed by atoms with van der Waals surface area (Å²) in [5.41, 5.74) is 2.65. The highest BCUT2D eigenvalue weighted by Gasteiger charge is 2.23. The van der Waals surface area contributed by atoms with E-state index in [4.69, 9.17) is 47.0 Å². The minimum Gasteiger partial charge on any atom is -0.366 e. The summed E-state index contributed by atoms with van der Waals surface area (Å²) in [6.45, 7) is 2.46. The van der Waals surface area contributed by atoms with Crippen LogP contribution in [0.3, 0.4) is 0 Å². The highest BCUT2D eigenvalue weighted by atomic mass is 35.5. The Morgan fingerprint density at radius 3 is 2.14 bits per heavy atom. The maximum absolute atomic E-state index is 12.8. The van der Waals surface area contributed by atoms with E-state index in [0.29, 0.717) is 47.4 Å². The first-order valence-corrected chi connectivity index (χ1v) is 12.3. The van der Waals surface area contributed by atoms with Crippen molar-refractivity contribution < 1.29 is 9.59 Å². The van der Waals surface area contributed by atoms with Gasteiger partial charge in [0.15, 0.2) is 5.11 Å². The Morgan fingerprint density at radius 1 is 0.800 bits per heavy atom. The number of thiocarbonyl (C=S) groups is 1. The van der Waals surface area contributed by atoms with Gasteiger partial charge < -0.3 is 15.1 Å². The van der Waals surface area contributed by atoms with Crippen LogP contribution in [0.2, 0.25) is 15.1 Å². The van der Waals surface area contributed by atoms with E-state index < -0.39 is 5.91 Å². The molecule has 180 valence electrons. The van der Waals surface area contributed by atoms with Crippen molar-refractivity contribution in [1.82, 2.24) is 10.2 Å². The van der Waals surface area contributed by atoms with Crippen molar-refractivity contribution in [2.75, 3.05) is 36.4 Å². The van der Waals surface area contributed by atoms with Crippen LogP contribution in [0, 0.1) is 0 Å². The van der Waals surface area contributed by atoms with Gasteiger partial charge in [-0.1, -0.05) is 46.9 Å². The van der Waals surface area contributed by atoms with Crippen LogP contribution in [-0.2, 0) is 0 Å². The van der Waals surface area contributed by atoms with Gasteiger partial charge in [0.25, 0.3) is 11.8 Å². The number of hydrogen-bond donors (Lipinski definition) is 2. The Labute approximate surface area is 223 Å². The van der Waals surface area contributed by atoms with Crippen molar-refractivity contribution in [3.05, 3.63) is 92.9 Å². The summed E-state index contributed by atoms with van der Waals surface area (Å²) in [6.07, 6.45) is 0. The van der Waals surface area contributed by atoms with Crippen LogP contribution in [0.4, 0.5) is 11.4 Å². The summed E-state index contributed by atoms with van der Waals surface area (Å²) < 4.78 is 0. The summed E-state index contributed by atoms with van der Waals surface area (Å²) >= 11 is 23.2. The first-order valence-electron chi connectivity index (χ1n) is 10.8. The molecule has 1 aliphatic rings. The zero-order valence-corrected chi connectivity index (χ0v) is 21.5. The zero-order valence-electron chi connectivity index (χ0n) is 18.4. The number of anilines is 2. The lowest BCUT2D eigenvalue weighted by molar-refractivity contribution is 0.0746. The Bertz CT molecular complexity index is 1260. The summed E-state index contributed by atoms with van der Waals surface area (Å²) in [6, 6.07) is 19.2. The molecule has 6 nitrogen and oxygen atoms in total. The highest BCUT2D eigenvalue weighted by Crippen LogP contribution is 2.27. The Balaban J connectivity index is 1.38. The van der Waals surface area contributed by atoms with Crippen LogP contribution in [0.1, 0.15) is 20.7 Å². The second-order valence-electron chi connectivity index (χ2n) is 7.84. The number of carbonyl (C=O) groups is 2. The number of nitrogens with zero attached hydrogens (tertiary/aromatic N) is 2. The third-order valence-electron chi connectivity index (χ3n) is 5.56. The van der Waals surface area contributed by atoms with E-state index in [9.17, 15) is 9.59 Å². The molecule has 0 atom stereocenters. The van der Waals surface area contributed by atoms with Gasteiger partial charge in [0.1, 0.15) is 0 Å². The van der Waals surface area contributed by atoms with E-state index in [2.05, 4.69) is 15.5 Å². The summed E-state index contributed by atoms with van der Waals surface area (Å²) in [7, 11) is 0. The number of nitrogens with one attached hydrogen (secondary N) is 2. The van der Waals surface area contributed by atoms with Crippen molar-refractivity contribution in [2.45, 2.75) is 0 Å². The molecule has 0 aliphatic carbocycles. The number of rotatable bonds is 4. The van der Waals surface area contributed by atoms with Crippen LogP contribution in [-0.4, -0.2) is 48.0 Å². The predicted molar refractivity (Wildman–Crippen MR) is 146 cm³/mol. The molecule has 2 amide bonds. The molecule has 0 unspecified atom stereocenters. The summed E-state index contributed by atoms with van der Waals surface area (Å²) in [4.78, 5) is 29.3. The third kappa shape index (κ3) is 6.24.